The Bertz CT molecular complexity index is 750. The van der Waals surface area contributed by atoms with E-state index in [9.17, 15) is 4.79 Å². The molecular weight excluding hydrogens is 334 g/mol. The van der Waals surface area contributed by atoms with E-state index in [4.69, 9.17) is 9.47 Å². The average molecular weight is 357 g/mol. The van der Waals surface area contributed by atoms with Crippen LogP contribution in [0.15, 0.2) is 30.9 Å². The fourth-order valence-corrected chi connectivity index (χ4v) is 3.83. The minimum atomic E-state index is -0.110. The van der Waals surface area contributed by atoms with Gasteiger partial charge in [0.2, 0.25) is 5.82 Å². The van der Waals surface area contributed by atoms with Crippen molar-refractivity contribution in [1.82, 2.24) is 24.6 Å². The molecule has 0 aromatic carbocycles. The molecule has 138 valence electrons. The van der Waals surface area contributed by atoms with Gasteiger partial charge in [0.05, 0.1) is 32.0 Å². The number of aryl methyl sites for hydroxylation is 1. The largest absolute Gasteiger partial charge is 0.376 e. The van der Waals surface area contributed by atoms with E-state index >= 15 is 0 Å². The first kappa shape index (κ1) is 17.1. The molecule has 0 N–H and O–H groups in total. The number of hydrogen-bond acceptors (Lipinski definition) is 6. The number of nitrogens with zero attached hydrogens (tertiary/aromatic N) is 5. The summed E-state index contributed by atoms with van der Waals surface area (Å²) in [5, 5.41) is 4.15. The molecule has 0 radical (unpaired) electrons. The lowest BCUT2D eigenvalue weighted by Gasteiger charge is -2.36. The Labute approximate surface area is 152 Å². The third-order valence-electron chi connectivity index (χ3n) is 5.03. The molecule has 2 fully saturated rings. The van der Waals surface area contributed by atoms with Crippen molar-refractivity contribution in [3.63, 3.8) is 0 Å². The predicted octanol–water partition coefficient (Wildman–Crippen LogP) is 1.05. The standard InChI is InChI=1S/C18H23N5O3/c1-22-12-20-17(21-22)18(24)23-5-6-26-16-8-14(7-15(16)23)11-25-10-13-3-2-4-19-9-13/h2-4,9,12,14-16H,5-8,10-11H2,1H3. The number of carbonyl (C=O) groups excluding carboxylic acids is 1. The Morgan fingerprint density at radius 2 is 2.35 bits per heavy atom. The van der Waals surface area contributed by atoms with Gasteiger partial charge < -0.3 is 14.4 Å². The molecule has 1 saturated carbocycles. The van der Waals surface area contributed by atoms with Crippen LogP contribution in [-0.2, 0) is 23.1 Å². The minimum Gasteiger partial charge on any atom is -0.376 e. The molecule has 2 aromatic heterocycles. The fraction of sp³-hybridized carbons (Fsp3) is 0.556. The second-order valence-corrected chi connectivity index (χ2v) is 6.93. The summed E-state index contributed by atoms with van der Waals surface area (Å²) in [5.41, 5.74) is 1.07. The summed E-state index contributed by atoms with van der Waals surface area (Å²) in [7, 11) is 1.76. The van der Waals surface area contributed by atoms with E-state index in [0.29, 0.717) is 32.3 Å². The molecular formula is C18H23N5O3. The number of fused-ring (bicyclic) bond motifs is 1. The Balaban J connectivity index is 1.34. The normalized spacial score (nSPS) is 25.3. The molecule has 1 aliphatic carbocycles. The molecule has 0 bridgehead atoms. The highest BCUT2D eigenvalue weighted by atomic mass is 16.5. The van der Waals surface area contributed by atoms with E-state index in [2.05, 4.69) is 15.1 Å². The molecule has 1 aliphatic heterocycles. The molecule has 3 unspecified atom stereocenters. The molecule has 2 aromatic rings. The lowest BCUT2D eigenvalue weighted by molar-refractivity contribution is -0.0454. The summed E-state index contributed by atoms with van der Waals surface area (Å²) in [6.45, 7) is 2.36. The predicted molar refractivity (Wildman–Crippen MR) is 92.2 cm³/mol. The molecule has 2 aliphatic rings. The quantitative estimate of drug-likeness (QED) is 0.795. The summed E-state index contributed by atoms with van der Waals surface area (Å²) in [5.74, 6) is 0.525. The van der Waals surface area contributed by atoms with Gasteiger partial charge in [0, 0.05) is 26.0 Å². The molecule has 8 nitrogen and oxygen atoms in total. The van der Waals surface area contributed by atoms with Gasteiger partial charge in [0.25, 0.3) is 5.91 Å². The molecule has 26 heavy (non-hydrogen) atoms. The minimum absolute atomic E-state index is 0.0726. The number of hydrogen-bond donors (Lipinski definition) is 0. The number of ether oxygens (including phenoxy) is 2. The monoisotopic (exact) mass is 357 g/mol. The van der Waals surface area contributed by atoms with Crippen molar-refractivity contribution in [3.05, 3.63) is 42.2 Å². The van der Waals surface area contributed by atoms with Gasteiger partial charge in [-0.15, -0.1) is 5.10 Å². The maximum atomic E-state index is 12.8. The topological polar surface area (TPSA) is 82.4 Å². The summed E-state index contributed by atoms with van der Waals surface area (Å²) < 4.78 is 13.3. The lowest BCUT2D eigenvalue weighted by atomic mass is 10.1. The summed E-state index contributed by atoms with van der Waals surface area (Å²) in [6, 6.07) is 3.99. The van der Waals surface area contributed by atoms with Crippen LogP contribution in [0.1, 0.15) is 29.0 Å². The van der Waals surface area contributed by atoms with Crippen LogP contribution in [0, 0.1) is 5.92 Å². The van der Waals surface area contributed by atoms with E-state index < -0.39 is 0 Å². The van der Waals surface area contributed by atoms with Crippen molar-refractivity contribution in [2.75, 3.05) is 19.8 Å². The van der Waals surface area contributed by atoms with E-state index in [-0.39, 0.29) is 23.9 Å². The van der Waals surface area contributed by atoms with E-state index in [1.165, 1.54) is 0 Å². The van der Waals surface area contributed by atoms with Crippen LogP contribution in [0.25, 0.3) is 0 Å². The first-order chi connectivity index (χ1) is 12.7. The van der Waals surface area contributed by atoms with Gasteiger partial charge in [-0.05, 0) is 30.4 Å². The molecule has 1 amide bonds. The smallest absolute Gasteiger partial charge is 0.293 e. The highest BCUT2D eigenvalue weighted by Gasteiger charge is 2.43. The maximum absolute atomic E-state index is 12.8. The van der Waals surface area contributed by atoms with Crippen LogP contribution in [0.2, 0.25) is 0 Å². The first-order valence-corrected chi connectivity index (χ1v) is 8.95. The van der Waals surface area contributed by atoms with Crippen molar-refractivity contribution < 1.29 is 14.3 Å². The van der Waals surface area contributed by atoms with Gasteiger partial charge >= 0.3 is 0 Å². The second-order valence-electron chi connectivity index (χ2n) is 6.93. The van der Waals surface area contributed by atoms with Crippen LogP contribution in [0.4, 0.5) is 0 Å². The Morgan fingerprint density at radius 1 is 1.42 bits per heavy atom. The molecule has 8 heteroatoms. The molecule has 0 spiro atoms. The SMILES string of the molecule is Cn1cnc(C(=O)N2CCOC3CC(COCc4cccnc4)CC32)n1. The zero-order chi connectivity index (χ0) is 17.9. The van der Waals surface area contributed by atoms with Crippen LogP contribution >= 0.6 is 0 Å². The van der Waals surface area contributed by atoms with Gasteiger partial charge in [0.15, 0.2) is 0 Å². The molecule has 4 rings (SSSR count). The Morgan fingerprint density at radius 3 is 3.12 bits per heavy atom. The summed E-state index contributed by atoms with van der Waals surface area (Å²) >= 11 is 0. The van der Waals surface area contributed by atoms with E-state index in [1.807, 2.05) is 23.2 Å². The third kappa shape index (κ3) is 3.61. The van der Waals surface area contributed by atoms with Crippen LogP contribution in [0.5, 0.6) is 0 Å². The van der Waals surface area contributed by atoms with Crippen LogP contribution in [-0.4, -0.2) is 62.5 Å². The zero-order valence-corrected chi connectivity index (χ0v) is 14.8. The Kier molecular flexibility index (Phi) is 4.94. The zero-order valence-electron chi connectivity index (χ0n) is 14.8. The average Bonchev–Trinajstić information content (AvgIpc) is 3.27. The van der Waals surface area contributed by atoms with Crippen molar-refractivity contribution in [3.8, 4) is 0 Å². The highest BCUT2D eigenvalue weighted by Crippen LogP contribution is 2.35. The maximum Gasteiger partial charge on any atom is 0.293 e. The number of amides is 1. The number of pyridine rings is 1. The van der Waals surface area contributed by atoms with Crippen LogP contribution < -0.4 is 0 Å². The molecule has 1 saturated heterocycles. The van der Waals surface area contributed by atoms with Gasteiger partial charge in [-0.25, -0.2) is 4.98 Å². The number of rotatable bonds is 5. The van der Waals surface area contributed by atoms with Gasteiger partial charge in [0.1, 0.15) is 6.33 Å². The van der Waals surface area contributed by atoms with Crippen molar-refractivity contribution >= 4 is 5.91 Å². The highest BCUT2D eigenvalue weighted by molar-refractivity contribution is 5.90. The number of morpholine rings is 1. The second kappa shape index (κ2) is 7.51. The van der Waals surface area contributed by atoms with Gasteiger partial charge in [-0.2, -0.15) is 0 Å². The number of aromatic nitrogens is 4. The summed E-state index contributed by atoms with van der Waals surface area (Å²) in [4.78, 5) is 22.8. The Hall–Kier alpha value is -2.32. The van der Waals surface area contributed by atoms with Gasteiger partial charge in [-0.3, -0.25) is 14.5 Å². The summed E-state index contributed by atoms with van der Waals surface area (Å²) in [6.07, 6.45) is 6.99. The molecule has 3 atom stereocenters. The third-order valence-corrected chi connectivity index (χ3v) is 5.03. The number of carbonyl (C=O) groups is 1. The fourth-order valence-electron chi connectivity index (χ4n) is 3.83. The van der Waals surface area contributed by atoms with E-state index in [1.54, 1.807) is 24.3 Å². The van der Waals surface area contributed by atoms with Crippen molar-refractivity contribution in [2.45, 2.75) is 31.6 Å². The molecule has 3 heterocycles. The van der Waals surface area contributed by atoms with Gasteiger partial charge in [-0.1, -0.05) is 6.07 Å². The van der Waals surface area contributed by atoms with E-state index in [0.717, 1.165) is 18.4 Å². The lowest BCUT2D eigenvalue weighted by Crippen LogP contribution is -2.51. The van der Waals surface area contributed by atoms with Crippen molar-refractivity contribution in [2.24, 2.45) is 13.0 Å². The van der Waals surface area contributed by atoms with Crippen LogP contribution in [0.3, 0.4) is 0 Å². The van der Waals surface area contributed by atoms with Crippen molar-refractivity contribution in [1.29, 1.82) is 0 Å². The first-order valence-electron chi connectivity index (χ1n) is 8.95.